The van der Waals surface area contributed by atoms with Gasteiger partial charge in [0.05, 0.1) is 18.6 Å². The molecule has 3 nitrogen and oxygen atoms in total. The van der Waals surface area contributed by atoms with Gasteiger partial charge in [0.2, 0.25) is 0 Å². The Bertz CT molecular complexity index is 545. The van der Waals surface area contributed by atoms with Crippen LogP contribution in [-0.2, 0) is 22.3 Å². The molecule has 0 aliphatic heterocycles. The largest absolute Gasteiger partial charge is 0.469 e. The van der Waals surface area contributed by atoms with Crippen molar-refractivity contribution in [3.8, 4) is 0 Å². The number of nitrogens with zero attached hydrogens (tertiary/aromatic N) is 1. The summed E-state index contributed by atoms with van der Waals surface area (Å²) in [5, 5.41) is 0. The van der Waals surface area contributed by atoms with Crippen LogP contribution in [0.3, 0.4) is 0 Å². The number of esters is 1. The molecule has 0 saturated heterocycles. The summed E-state index contributed by atoms with van der Waals surface area (Å²) in [4.78, 5) is 13.7. The highest BCUT2D eigenvalue weighted by Gasteiger charge is 2.32. The number of carbonyl (C=O) groups is 1. The lowest BCUT2D eigenvalue weighted by Gasteiger charge is -2.34. The number of hydrogen-bond acceptors (Lipinski definition) is 3. The first kappa shape index (κ1) is 17.8. The average molecular weight is 329 g/mol. The summed E-state index contributed by atoms with van der Waals surface area (Å²) in [5.74, 6) is -0.301. The van der Waals surface area contributed by atoms with Crippen molar-refractivity contribution in [2.45, 2.75) is 44.4 Å². The Morgan fingerprint density at radius 2 is 2.09 bits per heavy atom. The summed E-state index contributed by atoms with van der Waals surface area (Å²) >= 11 is 0. The van der Waals surface area contributed by atoms with Gasteiger partial charge in [-0.05, 0) is 37.9 Å². The van der Waals surface area contributed by atoms with Crippen molar-refractivity contribution < 1.29 is 22.7 Å². The lowest BCUT2D eigenvalue weighted by molar-refractivity contribution is -0.147. The van der Waals surface area contributed by atoms with Crippen molar-refractivity contribution in [1.82, 2.24) is 4.90 Å². The molecule has 0 unspecified atom stereocenters. The topological polar surface area (TPSA) is 29.5 Å². The molecule has 6 heteroatoms. The summed E-state index contributed by atoms with van der Waals surface area (Å²) < 4.78 is 43.1. The van der Waals surface area contributed by atoms with Crippen LogP contribution in [0, 0.1) is 5.92 Å². The Hall–Kier alpha value is -1.56. The van der Waals surface area contributed by atoms with Crippen LogP contribution in [0.15, 0.2) is 24.3 Å². The predicted molar refractivity (Wildman–Crippen MR) is 80.7 cm³/mol. The van der Waals surface area contributed by atoms with Gasteiger partial charge in [-0.2, -0.15) is 13.2 Å². The first-order valence-corrected chi connectivity index (χ1v) is 7.75. The van der Waals surface area contributed by atoms with E-state index in [2.05, 4.69) is 0 Å². The number of methoxy groups -OCH3 is 1. The zero-order chi connectivity index (χ0) is 17.0. The van der Waals surface area contributed by atoms with Gasteiger partial charge in [0.25, 0.3) is 0 Å². The molecule has 1 aromatic carbocycles. The maximum atomic E-state index is 12.8. The van der Waals surface area contributed by atoms with Gasteiger partial charge in [0, 0.05) is 12.6 Å². The van der Waals surface area contributed by atoms with Gasteiger partial charge in [-0.15, -0.1) is 0 Å². The fraction of sp³-hybridized carbons (Fsp3) is 0.588. The minimum Gasteiger partial charge on any atom is -0.469 e. The van der Waals surface area contributed by atoms with Crippen molar-refractivity contribution in [3.63, 3.8) is 0 Å². The highest BCUT2D eigenvalue weighted by molar-refractivity contribution is 5.72. The van der Waals surface area contributed by atoms with Crippen LogP contribution in [0.5, 0.6) is 0 Å². The normalized spacial score (nSPS) is 22.2. The zero-order valence-corrected chi connectivity index (χ0v) is 13.4. The summed E-state index contributed by atoms with van der Waals surface area (Å²) in [6.45, 7) is 0.433. The molecule has 0 aromatic heterocycles. The van der Waals surface area contributed by atoms with Crippen LogP contribution >= 0.6 is 0 Å². The standard InChI is InChI=1S/C17H22F3NO2/c1-21(15-8-4-6-13(10-15)16(22)23-2)11-12-5-3-7-14(9-12)17(18,19)20/h3,5,7,9,13,15H,4,6,8,10-11H2,1-2H3/t13-,15+/m0/s1. The van der Waals surface area contributed by atoms with Crippen molar-refractivity contribution >= 4 is 5.97 Å². The van der Waals surface area contributed by atoms with E-state index in [0.717, 1.165) is 25.3 Å². The lowest BCUT2D eigenvalue weighted by atomic mass is 9.85. The number of halogens is 3. The smallest absolute Gasteiger partial charge is 0.416 e. The molecule has 1 aliphatic carbocycles. The zero-order valence-electron chi connectivity index (χ0n) is 13.4. The summed E-state index contributed by atoms with van der Waals surface area (Å²) in [7, 11) is 3.28. The van der Waals surface area contributed by atoms with E-state index in [0.29, 0.717) is 18.5 Å². The molecule has 0 radical (unpaired) electrons. The fourth-order valence-electron chi connectivity index (χ4n) is 3.21. The molecular formula is C17H22F3NO2. The van der Waals surface area contributed by atoms with E-state index in [9.17, 15) is 18.0 Å². The SMILES string of the molecule is COC(=O)[C@H]1CCC[C@@H](N(C)Cc2cccc(C(F)(F)F)c2)C1. The van der Waals surface area contributed by atoms with E-state index in [1.54, 1.807) is 6.07 Å². The monoisotopic (exact) mass is 329 g/mol. The second-order valence-corrected chi connectivity index (χ2v) is 6.15. The van der Waals surface area contributed by atoms with Gasteiger partial charge in [-0.25, -0.2) is 0 Å². The Labute approximate surface area is 134 Å². The van der Waals surface area contributed by atoms with Crippen LogP contribution in [-0.4, -0.2) is 31.1 Å². The summed E-state index contributed by atoms with van der Waals surface area (Å²) in [5.41, 5.74) is 0.00185. The number of rotatable bonds is 4. The molecule has 2 rings (SSSR count). The van der Waals surface area contributed by atoms with Crippen LogP contribution in [0.4, 0.5) is 13.2 Å². The molecule has 23 heavy (non-hydrogen) atoms. The van der Waals surface area contributed by atoms with E-state index >= 15 is 0 Å². The third-order valence-corrected chi connectivity index (χ3v) is 4.49. The van der Waals surface area contributed by atoms with Gasteiger partial charge in [-0.3, -0.25) is 9.69 Å². The number of benzene rings is 1. The molecule has 1 aliphatic rings. The summed E-state index contributed by atoms with van der Waals surface area (Å²) in [6.07, 6.45) is -0.932. The number of hydrogen-bond donors (Lipinski definition) is 0. The highest BCUT2D eigenvalue weighted by Crippen LogP contribution is 2.31. The molecule has 1 fully saturated rings. The van der Waals surface area contributed by atoms with Crippen molar-refractivity contribution in [2.24, 2.45) is 5.92 Å². The first-order valence-electron chi connectivity index (χ1n) is 7.75. The van der Waals surface area contributed by atoms with E-state index < -0.39 is 11.7 Å². The average Bonchev–Trinajstić information content (AvgIpc) is 2.53. The Morgan fingerprint density at radius 1 is 1.35 bits per heavy atom. The van der Waals surface area contributed by atoms with E-state index in [1.165, 1.54) is 19.2 Å². The first-order chi connectivity index (χ1) is 10.8. The fourth-order valence-corrected chi connectivity index (χ4v) is 3.21. The van der Waals surface area contributed by atoms with Gasteiger partial charge < -0.3 is 4.74 Å². The molecule has 0 heterocycles. The maximum absolute atomic E-state index is 12.8. The minimum absolute atomic E-state index is 0.109. The van der Waals surface area contributed by atoms with E-state index in [4.69, 9.17) is 4.74 Å². The minimum atomic E-state index is -4.32. The van der Waals surface area contributed by atoms with Crippen LogP contribution < -0.4 is 0 Å². The Balaban J connectivity index is 2.01. The van der Waals surface area contributed by atoms with E-state index in [-0.39, 0.29) is 17.9 Å². The number of carbonyl (C=O) groups excluding carboxylic acids is 1. The molecule has 0 spiro atoms. The van der Waals surface area contributed by atoms with Crippen LogP contribution in [0.25, 0.3) is 0 Å². The third-order valence-electron chi connectivity index (χ3n) is 4.49. The third kappa shape index (κ3) is 4.70. The molecule has 1 aromatic rings. The predicted octanol–water partition coefficient (Wildman–Crippen LogP) is 3.87. The van der Waals surface area contributed by atoms with Gasteiger partial charge in [0.15, 0.2) is 0 Å². The second-order valence-electron chi connectivity index (χ2n) is 6.15. The van der Waals surface area contributed by atoms with Crippen LogP contribution in [0.1, 0.15) is 36.8 Å². The van der Waals surface area contributed by atoms with Gasteiger partial charge in [-0.1, -0.05) is 24.6 Å². The summed E-state index contributed by atoms with van der Waals surface area (Å²) in [6, 6.07) is 5.59. The Morgan fingerprint density at radius 3 is 2.74 bits per heavy atom. The maximum Gasteiger partial charge on any atom is 0.416 e. The molecule has 2 atom stereocenters. The molecule has 128 valence electrons. The second kappa shape index (κ2) is 7.34. The van der Waals surface area contributed by atoms with E-state index in [1.807, 2.05) is 11.9 Å². The molecule has 0 amide bonds. The molecule has 0 N–H and O–H groups in total. The Kier molecular flexibility index (Phi) is 5.68. The quantitative estimate of drug-likeness (QED) is 0.786. The molecular weight excluding hydrogens is 307 g/mol. The van der Waals surface area contributed by atoms with Crippen LogP contribution in [0.2, 0.25) is 0 Å². The van der Waals surface area contributed by atoms with Crippen molar-refractivity contribution in [2.75, 3.05) is 14.2 Å². The lowest BCUT2D eigenvalue weighted by Crippen LogP contribution is -2.37. The van der Waals surface area contributed by atoms with Gasteiger partial charge in [0.1, 0.15) is 0 Å². The molecule has 0 bridgehead atoms. The molecule has 1 saturated carbocycles. The number of alkyl halides is 3. The van der Waals surface area contributed by atoms with Gasteiger partial charge >= 0.3 is 12.1 Å². The highest BCUT2D eigenvalue weighted by atomic mass is 19.4. The van der Waals surface area contributed by atoms with Crippen molar-refractivity contribution in [1.29, 1.82) is 0 Å². The number of ether oxygens (including phenoxy) is 1. The van der Waals surface area contributed by atoms with Crippen molar-refractivity contribution in [3.05, 3.63) is 35.4 Å².